The molecule has 4 atom stereocenters. The van der Waals surface area contributed by atoms with Crippen LogP contribution in [0.15, 0.2) is 107 Å². The summed E-state index contributed by atoms with van der Waals surface area (Å²) in [6.07, 6.45) is 11.5. The summed E-state index contributed by atoms with van der Waals surface area (Å²) < 4.78 is 13.2. The SMILES string of the molecule is COc1ccc(C2(c3ccccc3)C=Cc3c4c(c5cc(SC)c(SC)cc5c3O2)-c2ccccc2C4(CC(C)C)C2CC2C)cc1. The molecule has 8 rings (SSSR count). The lowest BCUT2D eigenvalue weighted by Crippen LogP contribution is -2.36. The van der Waals surface area contributed by atoms with Crippen LogP contribution in [0.1, 0.15) is 61.4 Å². The summed E-state index contributed by atoms with van der Waals surface area (Å²) in [5.41, 5.74) is 8.42. The van der Waals surface area contributed by atoms with Crippen molar-refractivity contribution in [1.82, 2.24) is 0 Å². The minimum atomic E-state index is -0.793. The molecular weight excluding hydrogens is 613 g/mol. The number of rotatable bonds is 8. The maximum Gasteiger partial charge on any atom is 0.178 e. The van der Waals surface area contributed by atoms with E-state index in [-0.39, 0.29) is 5.41 Å². The molecular formula is C43H42O2S2. The van der Waals surface area contributed by atoms with Crippen LogP contribution in [-0.4, -0.2) is 19.6 Å². The van der Waals surface area contributed by atoms with Crippen LogP contribution in [0.3, 0.4) is 0 Å². The molecule has 0 amide bonds. The van der Waals surface area contributed by atoms with Gasteiger partial charge in [-0.2, -0.15) is 0 Å². The molecule has 1 heterocycles. The van der Waals surface area contributed by atoms with Crippen LogP contribution in [0, 0.1) is 17.8 Å². The smallest absolute Gasteiger partial charge is 0.178 e. The predicted molar refractivity (Wildman–Crippen MR) is 200 cm³/mol. The van der Waals surface area contributed by atoms with Gasteiger partial charge in [-0.15, -0.1) is 23.5 Å². The number of hydrogen-bond acceptors (Lipinski definition) is 4. The van der Waals surface area contributed by atoms with Crippen molar-refractivity contribution in [2.75, 3.05) is 19.6 Å². The molecule has 1 saturated carbocycles. The van der Waals surface area contributed by atoms with E-state index < -0.39 is 5.60 Å². The van der Waals surface area contributed by atoms with Gasteiger partial charge in [0.15, 0.2) is 5.60 Å². The van der Waals surface area contributed by atoms with Gasteiger partial charge in [0.25, 0.3) is 0 Å². The second-order valence-electron chi connectivity index (χ2n) is 13.9. The maximum absolute atomic E-state index is 7.66. The van der Waals surface area contributed by atoms with Gasteiger partial charge in [0.2, 0.25) is 0 Å². The molecule has 3 aliphatic rings. The molecule has 4 heteroatoms. The van der Waals surface area contributed by atoms with Crippen LogP contribution in [0.25, 0.3) is 28.0 Å². The van der Waals surface area contributed by atoms with Gasteiger partial charge in [0.05, 0.1) is 7.11 Å². The standard InChI is InChI=1S/C43H42O2S2/c1-26(2)25-42(36-22-27(36)3)35-15-11-10-14-31(35)39-33-23-37(46-5)38(47-6)24-34(33)41-32(40(39)42)20-21-43(45-41,28-12-8-7-9-13-28)29-16-18-30(44-4)19-17-29/h7-21,23-24,26-27,36H,22,25H2,1-6H3. The van der Waals surface area contributed by atoms with Crippen molar-refractivity contribution in [3.63, 3.8) is 0 Å². The molecule has 238 valence electrons. The van der Waals surface area contributed by atoms with Crippen LogP contribution < -0.4 is 9.47 Å². The zero-order valence-corrected chi connectivity index (χ0v) is 29.7. The molecule has 47 heavy (non-hydrogen) atoms. The minimum absolute atomic E-state index is 0.0595. The summed E-state index contributed by atoms with van der Waals surface area (Å²) in [6.45, 7) is 7.25. The van der Waals surface area contributed by atoms with E-state index in [1.54, 1.807) is 7.11 Å². The Morgan fingerprint density at radius 2 is 1.49 bits per heavy atom. The van der Waals surface area contributed by atoms with Gasteiger partial charge in [-0.05, 0) is 101 Å². The van der Waals surface area contributed by atoms with E-state index in [0.29, 0.717) is 17.8 Å². The zero-order chi connectivity index (χ0) is 32.5. The first-order valence-corrected chi connectivity index (χ1v) is 19.3. The summed E-state index contributed by atoms with van der Waals surface area (Å²) in [5.74, 6) is 3.68. The summed E-state index contributed by atoms with van der Waals surface area (Å²) in [7, 11) is 1.72. The number of ether oxygens (including phenoxy) is 2. The number of methoxy groups -OCH3 is 1. The van der Waals surface area contributed by atoms with Crippen molar-refractivity contribution in [1.29, 1.82) is 0 Å². The van der Waals surface area contributed by atoms with Gasteiger partial charge >= 0.3 is 0 Å². The van der Waals surface area contributed by atoms with E-state index in [9.17, 15) is 0 Å². The monoisotopic (exact) mass is 654 g/mol. The Morgan fingerprint density at radius 3 is 2.13 bits per heavy atom. The highest BCUT2D eigenvalue weighted by Gasteiger charge is 2.58. The van der Waals surface area contributed by atoms with E-state index in [1.165, 1.54) is 54.8 Å². The predicted octanol–water partition coefficient (Wildman–Crippen LogP) is 11.6. The molecule has 0 aromatic heterocycles. The fraction of sp³-hybridized carbons (Fsp3) is 0.302. The van der Waals surface area contributed by atoms with E-state index in [2.05, 4.69) is 124 Å². The zero-order valence-electron chi connectivity index (χ0n) is 28.1. The summed E-state index contributed by atoms with van der Waals surface area (Å²) in [5, 5.41) is 2.50. The highest BCUT2D eigenvalue weighted by atomic mass is 32.2. The lowest BCUT2D eigenvalue weighted by Gasteiger charge is -2.40. The van der Waals surface area contributed by atoms with E-state index in [1.807, 2.05) is 35.7 Å². The third-order valence-corrected chi connectivity index (χ3v) is 12.6. The first-order valence-electron chi connectivity index (χ1n) is 16.8. The number of fused-ring (bicyclic) bond motifs is 8. The average molecular weight is 655 g/mol. The first kappa shape index (κ1) is 30.7. The van der Waals surface area contributed by atoms with Crippen LogP contribution >= 0.6 is 23.5 Å². The van der Waals surface area contributed by atoms with E-state index in [0.717, 1.165) is 29.0 Å². The molecule has 0 spiro atoms. The molecule has 0 bridgehead atoms. The third kappa shape index (κ3) is 4.54. The van der Waals surface area contributed by atoms with Crippen molar-refractivity contribution in [2.24, 2.45) is 17.8 Å². The van der Waals surface area contributed by atoms with Crippen LogP contribution in [0.4, 0.5) is 0 Å². The van der Waals surface area contributed by atoms with Crippen LogP contribution in [0.2, 0.25) is 0 Å². The maximum atomic E-state index is 7.66. The highest BCUT2D eigenvalue weighted by molar-refractivity contribution is 8.01. The molecule has 2 nitrogen and oxygen atoms in total. The molecule has 0 N–H and O–H groups in total. The highest BCUT2D eigenvalue weighted by Crippen LogP contribution is 2.68. The van der Waals surface area contributed by atoms with Crippen LogP contribution in [0.5, 0.6) is 11.5 Å². The van der Waals surface area contributed by atoms with Gasteiger partial charge in [0.1, 0.15) is 11.5 Å². The Kier molecular flexibility index (Phi) is 7.53. The van der Waals surface area contributed by atoms with Crippen molar-refractivity contribution >= 4 is 40.4 Å². The minimum Gasteiger partial charge on any atom is -0.497 e. The van der Waals surface area contributed by atoms with Crippen molar-refractivity contribution in [3.8, 4) is 22.6 Å². The molecule has 5 aromatic carbocycles. The summed E-state index contributed by atoms with van der Waals surface area (Å²) >= 11 is 3.65. The number of hydrogen-bond donors (Lipinski definition) is 0. The van der Waals surface area contributed by atoms with Gasteiger partial charge in [0, 0.05) is 37.3 Å². The fourth-order valence-corrected chi connectivity index (χ4v) is 10.3. The lowest BCUT2D eigenvalue weighted by molar-refractivity contribution is 0.163. The Hall–Kier alpha value is -3.60. The second-order valence-corrected chi connectivity index (χ2v) is 15.6. The third-order valence-electron chi connectivity index (χ3n) is 10.9. The number of thioether (sulfide) groups is 2. The topological polar surface area (TPSA) is 18.5 Å². The van der Waals surface area contributed by atoms with Crippen molar-refractivity contribution < 1.29 is 9.47 Å². The normalized spacial score (nSPS) is 23.7. The summed E-state index contributed by atoms with van der Waals surface area (Å²) in [6, 6.07) is 33.3. The number of benzene rings is 5. The van der Waals surface area contributed by atoms with E-state index in [4.69, 9.17) is 9.47 Å². The van der Waals surface area contributed by atoms with Crippen molar-refractivity contribution in [2.45, 2.75) is 54.4 Å². The van der Waals surface area contributed by atoms with Crippen molar-refractivity contribution in [3.05, 3.63) is 125 Å². The fourth-order valence-electron chi connectivity index (χ4n) is 8.84. The molecule has 5 aromatic rings. The average Bonchev–Trinajstić information content (AvgIpc) is 3.79. The summed E-state index contributed by atoms with van der Waals surface area (Å²) in [4.78, 5) is 2.61. The van der Waals surface area contributed by atoms with Gasteiger partial charge in [-0.25, -0.2) is 0 Å². The molecule has 1 fully saturated rings. The molecule has 2 aliphatic carbocycles. The second kappa shape index (κ2) is 11.5. The van der Waals surface area contributed by atoms with Gasteiger partial charge in [-0.3, -0.25) is 0 Å². The van der Waals surface area contributed by atoms with E-state index >= 15 is 0 Å². The molecule has 1 aliphatic heterocycles. The first-order chi connectivity index (χ1) is 22.9. The molecule has 0 saturated heterocycles. The quantitative estimate of drug-likeness (QED) is 0.155. The Balaban J connectivity index is 1.50. The van der Waals surface area contributed by atoms with Gasteiger partial charge in [-0.1, -0.05) is 93.6 Å². The lowest BCUT2D eigenvalue weighted by atomic mass is 9.66. The van der Waals surface area contributed by atoms with Crippen LogP contribution in [-0.2, 0) is 11.0 Å². The molecule has 0 radical (unpaired) electrons. The Bertz CT molecular complexity index is 2030. The Labute approximate surface area is 288 Å². The molecule has 4 unspecified atom stereocenters. The van der Waals surface area contributed by atoms with Gasteiger partial charge < -0.3 is 9.47 Å². The largest absolute Gasteiger partial charge is 0.497 e. The Morgan fingerprint density at radius 1 is 0.851 bits per heavy atom.